The van der Waals surface area contributed by atoms with Crippen molar-refractivity contribution in [1.29, 1.82) is 0 Å². The molecule has 1 saturated carbocycles. The van der Waals surface area contributed by atoms with E-state index in [2.05, 4.69) is 10.6 Å². The van der Waals surface area contributed by atoms with Crippen LogP contribution in [0, 0.1) is 11.8 Å². The maximum atomic E-state index is 9.21. The van der Waals surface area contributed by atoms with E-state index < -0.39 is 0 Å². The van der Waals surface area contributed by atoms with E-state index in [1.165, 1.54) is 38.6 Å². The molecule has 0 aromatic rings. The lowest BCUT2D eigenvalue weighted by atomic mass is 9.97. The van der Waals surface area contributed by atoms with Crippen molar-refractivity contribution in [3.63, 3.8) is 0 Å². The largest absolute Gasteiger partial charge is 0.396 e. The molecule has 2 fully saturated rings. The first kappa shape index (κ1) is 11.4. The first-order chi connectivity index (χ1) is 7.40. The Morgan fingerprint density at radius 1 is 1.07 bits per heavy atom. The SMILES string of the molecule is OCC1CCCC1CNCC1CCCN1. The van der Waals surface area contributed by atoms with Crippen LogP contribution in [0.3, 0.4) is 0 Å². The Morgan fingerprint density at radius 2 is 1.93 bits per heavy atom. The van der Waals surface area contributed by atoms with Gasteiger partial charge >= 0.3 is 0 Å². The van der Waals surface area contributed by atoms with Crippen LogP contribution in [0.5, 0.6) is 0 Å². The van der Waals surface area contributed by atoms with Gasteiger partial charge in [0.05, 0.1) is 0 Å². The molecule has 0 aromatic carbocycles. The Bertz CT molecular complexity index is 180. The average molecular weight is 212 g/mol. The van der Waals surface area contributed by atoms with Gasteiger partial charge in [-0.25, -0.2) is 0 Å². The van der Waals surface area contributed by atoms with Crippen molar-refractivity contribution >= 4 is 0 Å². The topological polar surface area (TPSA) is 44.3 Å². The molecule has 1 saturated heterocycles. The molecule has 0 bridgehead atoms. The van der Waals surface area contributed by atoms with Crippen LogP contribution in [-0.4, -0.2) is 37.4 Å². The highest BCUT2D eigenvalue weighted by Crippen LogP contribution is 2.30. The van der Waals surface area contributed by atoms with Crippen LogP contribution in [0.25, 0.3) is 0 Å². The van der Waals surface area contributed by atoms with Gasteiger partial charge in [-0.15, -0.1) is 0 Å². The molecular formula is C12H24N2O. The third kappa shape index (κ3) is 3.16. The van der Waals surface area contributed by atoms with Crippen LogP contribution >= 0.6 is 0 Å². The van der Waals surface area contributed by atoms with Gasteiger partial charge in [-0.1, -0.05) is 6.42 Å². The van der Waals surface area contributed by atoms with E-state index in [0.29, 0.717) is 18.6 Å². The smallest absolute Gasteiger partial charge is 0.0462 e. The summed E-state index contributed by atoms with van der Waals surface area (Å²) in [6.07, 6.45) is 6.48. The summed E-state index contributed by atoms with van der Waals surface area (Å²) in [5.41, 5.74) is 0. The Balaban J connectivity index is 1.60. The van der Waals surface area contributed by atoms with Crippen LogP contribution in [0.4, 0.5) is 0 Å². The second-order valence-electron chi connectivity index (χ2n) is 5.09. The standard InChI is InChI=1S/C12H24N2O/c15-9-11-4-1-3-10(11)7-13-8-12-5-2-6-14-12/h10-15H,1-9H2. The molecule has 1 aliphatic heterocycles. The van der Waals surface area contributed by atoms with Crippen LogP contribution < -0.4 is 10.6 Å². The van der Waals surface area contributed by atoms with Crippen LogP contribution in [-0.2, 0) is 0 Å². The van der Waals surface area contributed by atoms with Crippen molar-refractivity contribution in [3.05, 3.63) is 0 Å². The lowest BCUT2D eigenvalue weighted by Crippen LogP contribution is -2.37. The number of aliphatic hydroxyl groups is 1. The van der Waals surface area contributed by atoms with Gasteiger partial charge in [-0.2, -0.15) is 0 Å². The van der Waals surface area contributed by atoms with E-state index in [0.717, 1.165) is 19.0 Å². The monoisotopic (exact) mass is 212 g/mol. The second kappa shape index (κ2) is 5.83. The molecule has 1 heterocycles. The third-order valence-electron chi connectivity index (χ3n) is 4.01. The number of rotatable bonds is 5. The number of nitrogens with one attached hydrogen (secondary N) is 2. The van der Waals surface area contributed by atoms with E-state index in [-0.39, 0.29) is 0 Å². The maximum absolute atomic E-state index is 9.21. The molecule has 0 aromatic heterocycles. The minimum Gasteiger partial charge on any atom is -0.396 e. The quantitative estimate of drug-likeness (QED) is 0.630. The molecular weight excluding hydrogens is 188 g/mol. The van der Waals surface area contributed by atoms with E-state index in [4.69, 9.17) is 0 Å². The molecule has 2 rings (SSSR count). The zero-order chi connectivity index (χ0) is 10.5. The maximum Gasteiger partial charge on any atom is 0.0462 e. The van der Waals surface area contributed by atoms with Gasteiger partial charge < -0.3 is 15.7 Å². The van der Waals surface area contributed by atoms with Crippen molar-refractivity contribution in [2.24, 2.45) is 11.8 Å². The average Bonchev–Trinajstić information content (AvgIpc) is 2.88. The summed E-state index contributed by atoms with van der Waals surface area (Å²) < 4.78 is 0. The third-order valence-corrected chi connectivity index (χ3v) is 4.01. The fraction of sp³-hybridized carbons (Fsp3) is 1.00. The highest BCUT2D eigenvalue weighted by molar-refractivity contribution is 4.81. The van der Waals surface area contributed by atoms with Gasteiger partial charge in [-0.3, -0.25) is 0 Å². The summed E-state index contributed by atoms with van der Waals surface area (Å²) in [7, 11) is 0. The van der Waals surface area contributed by atoms with Crippen molar-refractivity contribution < 1.29 is 5.11 Å². The van der Waals surface area contributed by atoms with Gasteiger partial charge in [0.1, 0.15) is 0 Å². The molecule has 88 valence electrons. The Labute approximate surface area is 92.6 Å². The Morgan fingerprint density at radius 3 is 2.67 bits per heavy atom. The van der Waals surface area contributed by atoms with E-state index in [1.54, 1.807) is 0 Å². The van der Waals surface area contributed by atoms with Crippen LogP contribution in [0.2, 0.25) is 0 Å². The summed E-state index contributed by atoms with van der Waals surface area (Å²) in [6.45, 7) is 3.78. The predicted molar refractivity (Wildman–Crippen MR) is 61.8 cm³/mol. The molecule has 3 unspecified atom stereocenters. The molecule has 3 N–H and O–H groups in total. The van der Waals surface area contributed by atoms with Gasteiger partial charge in [0.2, 0.25) is 0 Å². The number of hydrogen-bond acceptors (Lipinski definition) is 3. The summed E-state index contributed by atoms with van der Waals surface area (Å²) >= 11 is 0. The van der Waals surface area contributed by atoms with E-state index in [9.17, 15) is 5.11 Å². The lowest BCUT2D eigenvalue weighted by Gasteiger charge is -2.19. The first-order valence-electron chi connectivity index (χ1n) is 6.45. The van der Waals surface area contributed by atoms with E-state index in [1.807, 2.05) is 0 Å². The first-order valence-corrected chi connectivity index (χ1v) is 6.45. The minimum absolute atomic E-state index is 0.383. The summed E-state index contributed by atoms with van der Waals surface area (Å²) in [6, 6.07) is 0.693. The van der Waals surface area contributed by atoms with Crippen molar-refractivity contribution in [3.8, 4) is 0 Å². The van der Waals surface area contributed by atoms with Gasteiger partial charge in [0.15, 0.2) is 0 Å². The van der Waals surface area contributed by atoms with Crippen LogP contribution in [0.1, 0.15) is 32.1 Å². The van der Waals surface area contributed by atoms with Crippen molar-refractivity contribution in [1.82, 2.24) is 10.6 Å². The molecule has 3 nitrogen and oxygen atoms in total. The predicted octanol–water partition coefficient (Wildman–Crippen LogP) is 0.737. The highest BCUT2D eigenvalue weighted by atomic mass is 16.3. The molecule has 0 amide bonds. The molecule has 0 radical (unpaired) electrons. The van der Waals surface area contributed by atoms with Crippen molar-refractivity contribution in [2.75, 3.05) is 26.2 Å². The van der Waals surface area contributed by atoms with E-state index >= 15 is 0 Å². The zero-order valence-corrected chi connectivity index (χ0v) is 9.54. The van der Waals surface area contributed by atoms with Gasteiger partial charge in [-0.05, 0) is 50.6 Å². The molecule has 15 heavy (non-hydrogen) atoms. The molecule has 3 heteroatoms. The van der Waals surface area contributed by atoms with Gasteiger partial charge in [0.25, 0.3) is 0 Å². The lowest BCUT2D eigenvalue weighted by molar-refractivity contribution is 0.192. The zero-order valence-electron chi connectivity index (χ0n) is 9.54. The fourth-order valence-electron chi connectivity index (χ4n) is 3.00. The Hall–Kier alpha value is -0.120. The van der Waals surface area contributed by atoms with Crippen molar-refractivity contribution in [2.45, 2.75) is 38.1 Å². The second-order valence-corrected chi connectivity index (χ2v) is 5.09. The molecule has 2 aliphatic rings. The summed E-state index contributed by atoms with van der Waals surface area (Å²) in [4.78, 5) is 0. The minimum atomic E-state index is 0.383. The number of aliphatic hydroxyl groups excluding tert-OH is 1. The molecule has 0 spiro atoms. The Kier molecular flexibility index (Phi) is 4.42. The molecule has 1 aliphatic carbocycles. The molecule has 3 atom stereocenters. The fourth-order valence-corrected chi connectivity index (χ4v) is 3.00. The normalized spacial score (nSPS) is 36.2. The number of hydrogen-bond donors (Lipinski definition) is 3. The van der Waals surface area contributed by atoms with Gasteiger partial charge in [0, 0.05) is 19.2 Å². The summed E-state index contributed by atoms with van der Waals surface area (Å²) in [5.74, 6) is 1.28. The highest BCUT2D eigenvalue weighted by Gasteiger charge is 2.26. The van der Waals surface area contributed by atoms with Crippen LogP contribution in [0.15, 0.2) is 0 Å². The summed E-state index contributed by atoms with van der Waals surface area (Å²) in [5, 5.41) is 16.3.